The third kappa shape index (κ3) is 3.23. The van der Waals surface area contributed by atoms with E-state index in [9.17, 15) is 18.0 Å². The van der Waals surface area contributed by atoms with Crippen molar-refractivity contribution in [2.45, 2.75) is 25.1 Å². The standard InChI is InChI=1S/C13H15ClF3N3O/c1-19(2)12(21)10-4-3-5-20(10)11-9(14)6-8(7-18-11)13(15,16)17/h6-7,10H,3-5H2,1-2H3. The predicted octanol–water partition coefficient (Wildman–Crippen LogP) is 2.81. The van der Waals surface area contributed by atoms with E-state index in [4.69, 9.17) is 11.6 Å². The van der Waals surface area contributed by atoms with Gasteiger partial charge in [0.1, 0.15) is 11.9 Å². The van der Waals surface area contributed by atoms with Gasteiger partial charge in [-0.25, -0.2) is 4.98 Å². The van der Waals surface area contributed by atoms with Crippen LogP contribution in [-0.4, -0.2) is 42.5 Å². The molecule has 1 amide bonds. The summed E-state index contributed by atoms with van der Waals surface area (Å²) < 4.78 is 37.8. The molecule has 21 heavy (non-hydrogen) atoms. The smallest absolute Gasteiger partial charge is 0.347 e. The summed E-state index contributed by atoms with van der Waals surface area (Å²) in [5, 5.41) is -0.0942. The highest BCUT2D eigenvalue weighted by molar-refractivity contribution is 6.33. The molecule has 0 saturated carbocycles. The number of likely N-dealkylation sites (N-methyl/N-ethyl adjacent to an activating group) is 1. The first-order valence-corrected chi connectivity index (χ1v) is 6.80. The molecule has 1 atom stereocenters. The number of carbonyl (C=O) groups excluding carboxylic acids is 1. The number of alkyl halides is 3. The van der Waals surface area contributed by atoms with Crippen LogP contribution in [0.15, 0.2) is 12.3 Å². The number of pyridine rings is 1. The minimum Gasteiger partial charge on any atom is -0.347 e. The van der Waals surface area contributed by atoms with Gasteiger partial charge in [-0.2, -0.15) is 13.2 Å². The highest BCUT2D eigenvalue weighted by Crippen LogP contribution is 2.35. The van der Waals surface area contributed by atoms with E-state index in [0.717, 1.165) is 18.7 Å². The SMILES string of the molecule is CN(C)C(=O)C1CCCN1c1ncc(C(F)(F)F)cc1Cl. The first kappa shape index (κ1) is 15.9. The van der Waals surface area contributed by atoms with E-state index < -0.39 is 17.8 Å². The third-order valence-corrected chi connectivity index (χ3v) is 3.68. The van der Waals surface area contributed by atoms with Crippen LogP contribution in [-0.2, 0) is 11.0 Å². The van der Waals surface area contributed by atoms with Crippen molar-refractivity contribution in [1.29, 1.82) is 0 Å². The lowest BCUT2D eigenvalue weighted by atomic mass is 10.2. The molecular weight excluding hydrogens is 307 g/mol. The Hall–Kier alpha value is -1.50. The molecule has 8 heteroatoms. The van der Waals surface area contributed by atoms with Crippen molar-refractivity contribution in [3.05, 3.63) is 22.8 Å². The average Bonchev–Trinajstić information content (AvgIpc) is 2.85. The van der Waals surface area contributed by atoms with Crippen LogP contribution in [0.5, 0.6) is 0 Å². The molecule has 2 rings (SSSR count). The van der Waals surface area contributed by atoms with Crippen LogP contribution in [0.2, 0.25) is 5.02 Å². The van der Waals surface area contributed by atoms with E-state index in [-0.39, 0.29) is 16.7 Å². The Morgan fingerprint density at radius 2 is 2.14 bits per heavy atom. The largest absolute Gasteiger partial charge is 0.417 e. The first-order valence-electron chi connectivity index (χ1n) is 6.42. The van der Waals surface area contributed by atoms with Crippen LogP contribution >= 0.6 is 11.6 Å². The normalized spacial score (nSPS) is 19.0. The van der Waals surface area contributed by atoms with Crippen LogP contribution in [0, 0.1) is 0 Å². The Labute approximate surface area is 125 Å². The number of hydrogen-bond donors (Lipinski definition) is 0. The van der Waals surface area contributed by atoms with Crippen LogP contribution in [0.4, 0.5) is 19.0 Å². The van der Waals surface area contributed by atoms with Crippen molar-refractivity contribution >= 4 is 23.3 Å². The van der Waals surface area contributed by atoms with Gasteiger partial charge < -0.3 is 9.80 Å². The van der Waals surface area contributed by atoms with Gasteiger partial charge >= 0.3 is 6.18 Å². The Morgan fingerprint density at radius 3 is 2.67 bits per heavy atom. The lowest BCUT2D eigenvalue weighted by Crippen LogP contribution is -2.43. The van der Waals surface area contributed by atoms with Crippen molar-refractivity contribution in [2.75, 3.05) is 25.5 Å². The van der Waals surface area contributed by atoms with Gasteiger partial charge in [0.25, 0.3) is 0 Å². The predicted molar refractivity (Wildman–Crippen MR) is 73.3 cm³/mol. The Bertz CT molecular complexity index is 548. The molecule has 0 bridgehead atoms. The lowest BCUT2D eigenvalue weighted by molar-refractivity contribution is -0.137. The Balaban J connectivity index is 2.31. The molecule has 0 radical (unpaired) electrons. The summed E-state index contributed by atoms with van der Waals surface area (Å²) in [6.45, 7) is 0.544. The van der Waals surface area contributed by atoms with E-state index >= 15 is 0 Å². The zero-order valence-corrected chi connectivity index (χ0v) is 12.4. The van der Waals surface area contributed by atoms with Gasteiger partial charge in [0, 0.05) is 26.8 Å². The number of aromatic nitrogens is 1. The molecule has 0 aliphatic carbocycles. The van der Waals surface area contributed by atoms with Gasteiger partial charge in [-0.1, -0.05) is 11.6 Å². The molecule has 1 aliphatic heterocycles. The molecule has 0 aromatic carbocycles. The first-order chi connectivity index (χ1) is 9.71. The van der Waals surface area contributed by atoms with Crippen molar-refractivity contribution in [3.63, 3.8) is 0 Å². The fraction of sp³-hybridized carbons (Fsp3) is 0.538. The molecule has 116 valence electrons. The van der Waals surface area contributed by atoms with Gasteiger partial charge in [-0.05, 0) is 18.9 Å². The quantitative estimate of drug-likeness (QED) is 0.840. The third-order valence-electron chi connectivity index (χ3n) is 3.40. The fourth-order valence-corrected chi connectivity index (χ4v) is 2.65. The maximum Gasteiger partial charge on any atom is 0.417 e. The van der Waals surface area contributed by atoms with E-state index in [1.165, 1.54) is 4.90 Å². The van der Waals surface area contributed by atoms with Gasteiger partial charge in [0.15, 0.2) is 0 Å². The second-order valence-corrected chi connectivity index (χ2v) is 5.52. The fourth-order valence-electron chi connectivity index (χ4n) is 2.37. The Morgan fingerprint density at radius 1 is 1.48 bits per heavy atom. The molecule has 1 aliphatic rings. The topological polar surface area (TPSA) is 36.4 Å². The summed E-state index contributed by atoms with van der Waals surface area (Å²) >= 11 is 5.94. The van der Waals surface area contributed by atoms with Crippen LogP contribution < -0.4 is 4.90 Å². The van der Waals surface area contributed by atoms with Crippen LogP contribution in [0.25, 0.3) is 0 Å². The van der Waals surface area contributed by atoms with Gasteiger partial charge in [0.2, 0.25) is 5.91 Å². The number of hydrogen-bond acceptors (Lipinski definition) is 3. The molecule has 1 aromatic rings. The number of halogens is 4. The monoisotopic (exact) mass is 321 g/mol. The minimum atomic E-state index is -4.49. The lowest BCUT2D eigenvalue weighted by Gasteiger charge is -2.27. The van der Waals surface area contributed by atoms with Crippen LogP contribution in [0.3, 0.4) is 0 Å². The van der Waals surface area contributed by atoms with Gasteiger partial charge in [-0.3, -0.25) is 4.79 Å². The van der Waals surface area contributed by atoms with Crippen molar-refractivity contribution in [1.82, 2.24) is 9.88 Å². The zero-order chi connectivity index (χ0) is 15.8. The molecule has 4 nitrogen and oxygen atoms in total. The molecule has 1 fully saturated rings. The molecule has 2 heterocycles. The van der Waals surface area contributed by atoms with E-state index in [2.05, 4.69) is 4.98 Å². The number of anilines is 1. The minimum absolute atomic E-state index is 0.0942. The highest BCUT2D eigenvalue weighted by atomic mass is 35.5. The number of carbonyl (C=O) groups is 1. The van der Waals surface area contributed by atoms with E-state index in [1.807, 2.05) is 0 Å². The van der Waals surface area contributed by atoms with Gasteiger partial charge in [-0.15, -0.1) is 0 Å². The maximum atomic E-state index is 12.6. The number of amides is 1. The summed E-state index contributed by atoms with van der Waals surface area (Å²) in [7, 11) is 3.28. The maximum absolute atomic E-state index is 12.6. The second-order valence-electron chi connectivity index (χ2n) is 5.11. The number of nitrogens with zero attached hydrogens (tertiary/aromatic N) is 3. The van der Waals surface area contributed by atoms with Crippen molar-refractivity contribution in [2.24, 2.45) is 0 Å². The molecule has 0 spiro atoms. The molecule has 1 saturated heterocycles. The zero-order valence-electron chi connectivity index (χ0n) is 11.6. The van der Waals surface area contributed by atoms with Gasteiger partial charge in [0.05, 0.1) is 10.6 Å². The molecule has 0 N–H and O–H groups in total. The van der Waals surface area contributed by atoms with Crippen molar-refractivity contribution < 1.29 is 18.0 Å². The summed E-state index contributed by atoms with van der Waals surface area (Å²) in [5.41, 5.74) is -0.897. The number of rotatable bonds is 2. The van der Waals surface area contributed by atoms with Crippen LogP contribution in [0.1, 0.15) is 18.4 Å². The van der Waals surface area contributed by atoms with E-state index in [0.29, 0.717) is 13.0 Å². The summed E-state index contributed by atoms with van der Waals surface area (Å²) in [6.07, 6.45) is -2.34. The second kappa shape index (κ2) is 5.71. The summed E-state index contributed by atoms with van der Waals surface area (Å²) in [5.74, 6) is 0.118. The summed E-state index contributed by atoms with van der Waals surface area (Å²) in [4.78, 5) is 19.1. The molecule has 1 unspecified atom stereocenters. The average molecular weight is 322 g/mol. The van der Waals surface area contributed by atoms with E-state index in [1.54, 1.807) is 19.0 Å². The van der Waals surface area contributed by atoms with Crippen molar-refractivity contribution in [3.8, 4) is 0 Å². The summed E-state index contributed by atoms with van der Waals surface area (Å²) in [6, 6.07) is 0.418. The Kier molecular flexibility index (Phi) is 4.32. The molecule has 1 aromatic heterocycles. The highest BCUT2D eigenvalue weighted by Gasteiger charge is 2.36. The molecular formula is C13H15ClF3N3O.